The average molecular weight is 295 g/mol. The molecule has 0 aliphatic heterocycles. The fourth-order valence-electron chi connectivity index (χ4n) is 1.70. The second kappa shape index (κ2) is 6.34. The molecule has 20 heavy (non-hydrogen) atoms. The van der Waals surface area contributed by atoms with Crippen molar-refractivity contribution in [2.75, 3.05) is 19.5 Å². The Hall–Kier alpha value is -2.14. The van der Waals surface area contributed by atoms with E-state index in [4.69, 9.17) is 20.8 Å². The summed E-state index contributed by atoms with van der Waals surface area (Å²) in [4.78, 5) is 13.6. The highest BCUT2D eigenvalue weighted by atomic mass is 35.5. The van der Waals surface area contributed by atoms with Crippen molar-refractivity contribution in [3.8, 4) is 5.75 Å². The summed E-state index contributed by atoms with van der Waals surface area (Å²) in [5.74, 6) is 1.26. The summed E-state index contributed by atoms with van der Waals surface area (Å²) in [7, 11) is 3.21. The summed E-state index contributed by atoms with van der Waals surface area (Å²) in [6, 6.07) is 8.35. The number of hydrogen-bond acceptors (Lipinski definition) is 3. The van der Waals surface area contributed by atoms with Crippen molar-refractivity contribution in [3.05, 3.63) is 47.4 Å². The number of furan rings is 1. The van der Waals surface area contributed by atoms with Crippen LogP contribution in [-0.4, -0.2) is 25.1 Å². The molecule has 1 aromatic heterocycles. The standard InChI is InChI=1S/C14H15ClN2O3/c1-17(9-11-4-3-7-20-11)14(18)16-12-8-10(15)5-6-13(12)19-2/h3-8H,9H2,1-2H3,(H,16,18). The topological polar surface area (TPSA) is 54.7 Å². The third-order valence-electron chi connectivity index (χ3n) is 2.72. The lowest BCUT2D eigenvalue weighted by molar-refractivity contribution is 0.216. The zero-order valence-corrected chi connectivity index (χ0v) is 12.0. The Labute approximate surface area is 122 Å². The molecule has 0 radical (unpaired) electrons. The van der Waals surface area contributed by atoms with Gasteiger partial charge in [0.25, 0.3) is 0 Å². The predicted molar refractivity (Wildman–Crippen MR) is 77.2 cm³/mol. The van der Waals surface area contributed by atoms with Crippen molar-refractivity contribution in [1.29, 1.82) is 0 Å². The minimum Gasteiger partial charge on any atom is -0.495 e. The highest BCUT2D eigenvalue weighted by Crippen LogP contribution is 2.27. The molecule has 2 amide bonds. The molecule has 0 saturated carbocycles. The van der Waals surface area contributed by atoms with Crippen molar-refractivity contribution in [2.24, 2.45) is 0 Å². The molecule has 1 aromatic carbocycles. The number of urea groups is 1. The van der Waals surface area contributed by atoms with Crippen molar-refractivity contribution in [2.45, 2.75) is 6.54 Å². The lowest BCUT2D eigenvalue weighted by atomic mass is 10.3. The first kappa shape index (κ1) is 14.3. The summed E-state index contributed by atoms with van der Waals surface area (Å²) in [6.07, 6.45) is 1.57. The molecule has 106 valence electrons. The molecule has 6 heteroatoms. The fourth-order valence-corrected chi connectivity index (χ4v) is 1.87. The van der Waals surface area contributed by atoms with E-state index in [1.807, 2.05) is 6.07 Å². The first-order chi connectivity index (χ1) is 9.60. The second-order valence-electron chi connectivity index (χ2n) is 4.21. The zero-order chi connectivity index (χ0) is 14.5. The van der Waals surface area contributed by atoms with Crippen LogP contribution in [0.5, 0.6) is 5.75 Å². The summed E-state index contributed by atoms with van der Waals surface area (Å²) in [5, 5.41) is 3.27. The second-order valence-corrected chi connectivity index (χ2v) is 4.65. The Balaban J connectivity index is 2.05. The first-order valence-electron chi connectivity index (χ1n) is 5.98. The van der Waals surface area contributed by atoms with Crippen LogP contribution in [0, 0.1) is 0 Å². The predicted octanol–water partition coefficient (Wildman–Crippen LogP) is 3.61. The van der Waals surface area contributed by atoms with Gasteiger partial charge in [0, 0.05) is 12.1 Å². The minimum atomic E-state index is -0.276. The number of nitrogens with one attached hydrogen (secondary N) is 1. The monoisotopic (exact) mass is 294 g/mol. The normalized spacial score (nSPS) is 10.2. The summed E-state index contributed by atoms with van der Waals surface area (Å²) < 4.78 is 10.4. The van der Waals surface area contributed by atoms with E-state index in [-0.39, 0.29) is 6.03 Å². The number of carbonyl (C=O) groups excluding carboxylic acids is 1. The summed E-state index contributed by atoms with van der Waals surface area (Å²) >= 11 is 5.92. The van der Waals surface area contributed by atoms with E-state index in [0.717, 1.165) is 0 Å². The minimum absolute atomic E-state index is 0.276. The van der Waals surface area contributed by atoms with E-state index >= 15 is 0 Å². The van der Waals surface area contributed by atoms with Gasteiger partial charge in [0.2, 0.25) is 0 Å². The van der Waals surface area contributed by atoms with Crippen LogP contribution in [0.2, 0.25) is 5.02 Å². The number of anilines is 1. The molecule has 0 spiro atoms. The molecule has 2 rings (SSSR count). The molecule has 0 fully saturated rings. The van der Waals surface area contributed by atoms with E-state index in [2.05, 4.69) is 5.32 Å². The quantitative estimate of drug-likeness (QED) is 0.937. The zero-order valence-electron chi connectivity index (χ0n) is 11.2. The van der Waals surface area contributed by atoms with Gasteiger partial charge in [-0.2, -0.15) is 0 Å². The lowest BCUT2D eigenvalue weighted by Crippen LogP contribution is -2.30. The maximum absolute atomic E-state index is 12.1. The number of ether oxygens (including phenoxy) is 1. The third kappa shape index (κ3) is 3.45. The van der Waals surface area contributed by atoms with E-state index in [0.29, 0.717) is 28.8 Å². The molecule has 5 nitrogen and oxygen atoms in total. The van der Waals surface area contributed by atoms with Crippen LogP contribution in [0.4, 0.5) is 10.5 Å². The number of hydrogen-bond donors (Lipinski definition) is 1. The summed E-state index contributed by atoms with van der Waals surface area (Å²) in [5.41, 5.74) is 0.524. The van der Waals surface area contributed by atoms with Crippen LogP contribution in [0.1, 0.15) is 5.76 Å². The number of benzene rings is 1. The maximum atomic E-state index is 12.1. The van der Waals surface area contributed by atoms with Gasteiger partial charge in [-0.1, -0.05) is 11.6 Å². The van der Waals surface area contributed by atoms with Crippen LogP contribution >= 0.6 is 11.6 Å². The van der Waals surface area contributed by atoms with Crippen LogP contribution in [0.15, 0.2) is 41.0 Å². The van der Waals surface area contributed by atoms with E-state index in [1.54, 1.807) is 37.6 Å². The highest BCUT2D eigenvalue weighted by molar-refractivity contribution is 6.31. The Kier molecular flexibility index (Phi) is 4.53. The van der Waals surface area contributed by atoms with Gasteiger partial charge >= 0.3 is 6.03 Å². The van der Waals surface area contributed by atoms with Gasteiger partial charge in [-0.05, 0) is 30.3 Å². The number of rotatable bonds is 4. The fraction of sp³-hybridized carbons (Fsp3) is 0.214. The van der Waals surface area contributed by atoms with Crippen LogP contribution in [-0.2, 0) is 6.54 Å². The van der Waals surface area contributed by atoms with Gasteiger partial charge in [0.1, 0.15) is 11.5 Å². The molecule has 0 bridgehead atoms. The molecule has 1 heterocycles. The van der Waals surface area contributed by atoms with Gasteiger partial charge in [-0.3, -0.25) is 0 Å². The molecule has 0 saturated heterocycles. The highest BCUT2D eigenvalue weighted by Gasteiger charge is 2.13. The SMILES string of the molecule is COc1ccc(Cl)cc1NC(=O)N(C)Cc1ccco1. The smallest absolute Gasteiger partial charge is 0.322 e. The van der Waals surface area contributed by atoms with E-state index in [9.17, 15) is 4.79 Å². The van der Waals surface area contributed by atoms with Crippen LogP contribution < -0.4 is 10.1 Å². The maximum Gasteiger partial charge on any atom is 0.322 e. The van der Waals surface area contributed by atoms with Gasteiger partial charge in [0.05, 0.1) is 25.6 Å². The average Bonchev–Trinajstić information content (AvgIpc) is 2.91. The van der Waals surface area contributed by atoms with Crippen LogP contribution in [0.25, 0.3) is 0 Å². The number of halogens is 1. The van der Waals surface area contributed by atoms with Crippen molar-refractivity contribution < 1.29 is 13.9 Å². The Morgan fingerprint density at radius 3 is 2.90 bits per heavy atom. The van der Waals surface area contributed by atoms with Crippen molar-refractivity contribution in [3.63, 3.8) is 0 Å². The Morgan fingerprint density at radius 1 is 1.45 bits per heavy atom. The third-order valence-corrected chi connectivity index (χ3v) is 2.96. The van der Waals surface area contributed by atoms with Crippen molar-refractivity contribution in [1.82, 2.24) is 4.90 Å². The van der Waals surface area contributed by atoms with E-state index < -0.39 is 0 Å². The lowest BCUT2D eigenvalue weighted by Gasteiger charge is -2.18. The number of carbonyl (C=O) groups is 1. The van der Waals surface area contributed by atoms with Gasteiger partial charge in [-0.15, -0.1) is 0 Å². The van der Waals surface area contributed by atoms with Gasteiger partial charge < -0.3 is 19.4 Å². The Morgan fingerprint density at radius 2 is 2.25 bits per heavy atom. The van der Waals surface area contributed by atoms with Crippen molar-refractivity contribution >= 4 is 23.3 Å². The van der Waals surface area contributed by atoms with Gasteiger partial charge in [-0.25, -0.2) is 4.79 Å². The summed E-state index contributed by atoms with van der Waals surface area (Å²) in [6.45, 7) is 0.377. The van der Waals surface area contributed by atoms with Gasteiger partial charge in [0.15, 0.2) is 0 Å². The molecule has 0 aliphatic carbocycles. The molecule has 2 aromatic rings. The molecule has 0 unspecified atom stereocenters. The Bertz CT molecular complexity index is 584. The van der Waals surface area contributed by atoms with Crippen LogP contribution in [0.3, 0.4) is 0 Å². The number of methoxy groups -OCH3 is 1. The molecular formula is C14H15ClN2O3. The largest absolute Gasteiger partial charge is 0.495 e. The molecule has 1 N–H and O–H groups in total. The molecular weight excluding hydrogens is 280 g/mol. The molecule has 0 aliphatic rings. The molecule has 0 atom stereocenters. The number of nitrogens with zero attached hydrogens (tertiary/aromatic N) is 1. The number of amides is 2. The van der Waals surface area contributed by atoms with E-state index in [1.165, 1.54) is 12.0 Å². The first-order valence-corrected chi connectivity index (χ1v) is 6.36.